The Balaban J connectivity index is 1.66. The van der Waals surface area contributed by atoms with E-state index in [9.17, 15) is 22.6 Å². The number of fused-ring (bicyclic) bond motifs is 2. The second kappa shape index (κ2) is 17.1. The van der Waals surface area contributed by atoms with Crippen LogP contribution >= 0.6 is 0 Å². The average molecular weight is 694 g/mol. The minimum atomic E-state index is -4.65. The highest BCUT2D eigenvalue weighted by Gasteiger charge is 2.25. The van der Waals surface area contributed by atoms with Crippen molar-refractivity contribution in [2.75, 3.05) is 57.4 Å². The number of ether oxygens (including phenoxy) is 2. The van der Waals surface area contributed by atoms with Crippen LogP contribution in [-0.4, -0.2) is 77.5 Å². The van der Waals surface area contributed by atoms with Crippen molar-refractivity contribution >= 4 is 38.8 Å². The third kappa shape index (κ3) is 9.25. The van der Waals surface area contributed by atoms with Gasteiger partial charge in [0.15, 0.2) is 0 Å². The summed E-state index contributed by atoms with van der Waals surface area (Å²) in [6.45, 7) is 15.5. The molecule has 0 bridgehead atoms. The lowest BCUT2D eigenvalue weighted by Gasteiger charge is -2.22. The molecule has 0 atom stereocenters. The van der Waals surface area contributed by atoms with Crippen LogP contribution < -0.4 is 25.5 Å². The van der Waals surface area contributed by atoms with Gasteiger partial charge in [-0.05, 0) is 57.5 Å². The van der Waals surface area contributed by atoms with Gasteiger partial charge in [0.25, 0.3) is 10.1 Å². The Hall–Kier alpha value is -4.72. The third-order valence-corrected chi connectivity index (χ3v) is 9.06. The van der Waals surface area contributed by atoms with Crippen LogP contribution in [0, 0.1) is 0 Å². The molecular weight excluding hydrogens is 648 g/mol. The van der Waals surface area contributed by atoms with Crippen molar-refractivity contribution in [3.8, 4) is 22.5 Å². The number of benzene rings is 3. The Morgan fingerprint density at radius 2 is 1.65 bits per heavy atom. The number of alkyl carbamates (subject to hydrolysis) is 1. The predicted octanol–water partition coefficient (Wildman–Crippen LogP) is 4.65. The first kappa shape index (κ1) is 37.1. The summed E-state index contributed by atoms with van der Waals surface area (Å²) in [6.07, 6.45) is 0.362. The highest BCUT2D eigenvalue weighted by Crippen LogP contribution is 2.43. The van der Waals surface area contributed by atoms with Crippen LogP contribution in [-0.2, 0) is 30.9 Å². The number of carbonyl (C=O) groups excluding carboxylic acids is 2. The molecule has 4 rings (SSSR count). The SMILES string of the molecule is C=CC(=O)OCCNC(=O)OCCNCc1ccc(-c2c3ccc(=[N+](CC)CC)cc-3oc3cc(N(CC)CC)ccc23)c(S(=O)(=O)O)c1. The maximum atomic E-state index is 12.9. The summed E-state index contributed by atoms with van der Waals surface area (Å²) >= 11 is 0. The van der Waals surface area contributed by atoms with Gasteiger partial charge in [-0.3, -0.25) is 4.55 Å². The van der Waals surface area contributed by atoms with Gasteiger partial charge in [-0.2, -0.15) is 8.42 Å². The van der Waals surface area contributed by atoms with Gasteiger partial charge in [0.1, 0.15) is 42.5 Å². The van der Waals surface area contributed by atoms with Crippen molar-refractivity contribution in [3.05, 3.63) is 78.2 Å². The van der Waals surface area contributed by atoms with Crippen LogP contribution in [0.1, 0.15) is 33.3 Å². The van der Waals surface area contributed by atoms with Gasteiger partial charge >= 0.3 is 12.1 Å². The number of anilines is 1. The van der Waals surface area contributed by atoms with Crippen LogP contribution in [0.25, 0.3) is 33.4 Å². The highest BCUT2D eigenvalue weighted by atomic mass is 32.2. The summed E-state index contributed by atoms with van der Waals surface area (Å²) in [6, 6.07) is 16.8. The van der Waals surface area contributed by atoms with Gasteiger partial charge in [0, 0.05) is 72.2 Å². The summed E-state index contributed by atoms with van der Waals surface area (Å²) < 4.78 is 54.9. The molecule has 1 aliphatic heterocycles. The van der Waals surface area contributed by atoms with Gasteiger partial charge in [0.2, 0.25) is 5.36 Å². The Morgan fingerprint density at radius 3 is 2.33 bits per heavy atom. The molecule has 1 aliphatic carbocycles. The van der Waals surface area contributed by atoms with Crippen molar-refractivity contribution in [1.82, 2.24) is 15.2 Å². The zero-order valence-electron chi connectivity index (χ0n) is 28.5. The monoisotopic (exact) mass is 693 g/mol. The summed E-state index contributed by atoms with van der Waals surface area (Å²) in [5, 5.41) is 7.27. The zero-order chi connectivity index (χ0) is 35.6. The fraction of sp³-hybridized carbons (Fsp3) is 0.361. The molecule has 0 aromatic heterocycles. The molecule has 0 saturated heterocycles. The molecule has 49 heavy (non-hydrogen) atoms. The topological polar surface area (TPSA) is 150 Å². The maximum absolute atomic E-state index is 12.9. The first-order chi connectivity index (χ1) is 23.5. The summed E-state index contributed by atoms with van der Waals surface area (Å²) in [7, 11) is -4.65. The van der Waals surface area contributed by atoms with Crippen molar-refractivity contribution in [2.24, 2.45) is 0 Å². The van der Waals surface area contributed by atoms with E-state index in [1.165, 1.54) is 6.07 Å². The molecular formula is C36H45N4O8S+. The molecule has 3 N–H and O–H groups in total. The Kier molecular flexibility index (Phi) is 12.9. The van der Waals surface area contributed by atoms with E-state index < -0.39 is 22.2 Å². The van der Waals surface area contributed by atoms with E-state index in [1.54, 1.807) is 12.1 Å². The number of amides is 1. The summed E-state index contributed by atoms with van der Waals surface area (Å²) in [5.74, 6) is 0.0110. The second-order valence-corrected chi connectivity index (χ2v) is 12.5. The van der Waals surface area contributed by atoms with E-state index in [1.807, 2.05) is 36.4 Å². The van der Waals surface area contributed by atoms with Crippen LogP contribution in [0.2, 0.25) is 0 Å². The number of nitrogens with zero attached hydrogens (tertiary/aromatic N) is 2. The van der Waals surface area contributed by atoms with E-state index in [2.05, 4.69) is 54.4 Å². The Morgan fingerprint density at radius 1 is 0.939 bits per heavy atom. The first-order valence-corrected chi connectivity index (χ1v) is 17.8. The van der Waals surface area contributed by atoms with Crippen molar-refractivity contribution in [3.63, 3.8) is 0 Å². The summed E-state index contributed by atoms with van der Waals surface area (Å²) in [5.41, 5.74) is 3.88. The average Bonchev–Trinajstić information content (AvgIpc) is 3.09. The molecule has 0 radical (unpaired) electrons. The molecule has 0 fully saturated rings. The summed E-state index contributed by atoms with van der Waals surface area (Å²) in [4.78, 5) is 24.9. The number of hydrogen-bond acceptors (Lipinski definition) is 9. The largest absolute Gasteiger partial charge is 0.461 e. The Bertz CT molecular complexity index is 1940. The van der Waals surface area contributed by atoms with E-state index in [-0.39, 0.29) is 37.7 Å². The molecule has 12 nitrogen and oxygen atoms in total. The van der Waals surface area contributed by atoms with Crippen molar-refractivity contribution in [2.45, 2.75) is 39.1 Å². The van der Waals surface area contributed by atoms with E-state index >= 15 is 0 Å². The van der Waals surface area contributed by atoms with Crippen molar-refractivity contribution < 1.29 is 36.5 Å². The number of rotatable bonds is 16. The van der Waals surface area contributed by atoms with Gasteiger partial charge in [-0.1, -0.05) is 18.7 Å². The predicted molar refractivity (Wildman–Crippen MR) is 190 cm³/mol. The lowest BCUT2D eigenvalue weighted by Crippen LogP contribution is -2.30. The number of nitrogens with one attached hydrogen (secondary N) is 2. The molecule has 2 aromatic carbocycles. The molecule has 2 aromatic rings. The molecule has 2 aliphatic rings. The van der Waals surface area contributed by atoms with Crippen LogP contribution in [0.5, 0.6) is 0 Å². The maximum Gasteiger partial charge on any atom is 0.407 e. The van der Waals surface area contributed by atoms with Gasteiger partial charge in [-0.25, -0.2) is 14.2 Å². The lowest BCUT2D eigenvalue weighted by atomic mass is 9.92. The lowest BCUT2D eigenvalue weighted by molar-refractivity contribution is -0.137. The van der Waals surface area contributed by atoms with E-state index in [0.717, 1.165) is 43.3 Å². The molecule has 13 heteroatoms. The third-order valence-electron chi connectivity index (χ3n) is 8.16. The van der Waals surface area contributed by atoms with Gasteiger partial charge in [0.05, 0.1) is 12.6 Å². The second-order valence-electron chi connectivity index (χ2n) is 11.1. The highest BCUT2D eigenvalue weighted by molar-refractivity contribution is 7.86. The molecule has 0 saturated carbocycles. The van der Waals surface area contributed by atoms with Gasteiger partial charge in [-0.15, -0.1) is 0 Å². The standard InChI is InChI=1S/C36H44N4O8S/c1-6-34(41)46-20-18-38-36(42)47-19-17-37-24-25-11-14-30(33(21-25)49(43,44)45)35-28-15-12-26(39(7-2)8-3)22-31(28)48-32-23-27(13-16-29(32)35)40(9-4)10-5/h6,11-16,21-23,37H,1,7-10,17-20,24H2,2-5H3,(H-,38,42,43,44,45)/p+1. The van der Waals surface area contributed by atoms with Crippen LogP contribution in [0.3, 0.4) is 0 Å². The quantitative estimate of drug-likeness (QED) is 0.0378. The number of hydrogen-bond donors (Lipinski definition) is 3. The molecule has 262 valence electrons. The zero-order valence-corrected chi connectivity index (χ0v) is 29.3. The molecule has 0 unspecified atom stereocenters. The van der Waals surface area contributed by atoms with Gasteiger partial charge < -0.3 is 29.4 Å². The van der Waals surface area contributed by atoms with Crippen LogP contribution in [0.4, 0.5) is 10.5 Å². The molecule has 1 amide bonds. The fourth-order valence-electron chi connectivity index (χ4n) is 5.69. The smallest absolute Gasteiger partial charge is 0.407 e. The number of esters is 1. The minimum absolute atomic E-state index is 0.0116. The van der Waals surface area contributed by atoms with E-state index in [0.29, 0.717) is 39.0 Å². The molecule has 0 spiro atoms. The minimum Gasteiger partial charge on any atom is -0.461 e. The van der Waals surface area contributed by atoms with Crippen molar-refractivity contribution in [1.29, 1.82) is 0 Å². The van der Waals surface area contributed by atoms with E-state index in [4.69, 9.17) is 13.9 Å². The Labute approximate surface area is 287 Å². The number of carbonyl (C=O) groups is 2. The van der Waals surface area contributed by atoms with Crippen LogP contribution in [0.15, 0.2) is 76.6 Å². The normalized spacial score (nSPS) is 11.4. The fourth-order valence-corrected chi connectivity index (χ4v) is 6.44. The molecule has 1 heterocycles. The first-order valence-electron chi connectivity index (χ1n) is 16.4.